The van der Waals surface area contributed by atoms with Crippen molar-refractivity contribution in [1.29, 1.82) is 0 Å². The summed E-state index contributed by atoms with van der Waals surface area (Å²) < 4.78 is 0. The van der Waals surface area contributed by atoms with Crippen molar-refractivity contribution in [1.82, 2.24) is 0 Å². The third-order valence-electron chi connectivity index (χ3n) is 1.23. The van der Waals surface area contributed by atoms with Gasteiger partial charge < -0.3 is 17.2 Å². The molecule has 0 unspecified atom stereocenters. The Balaban J connectivity index is 3.17. The van der Waals surface area contributed by atoms with E-state index < -0.39 is 0 Å². The predicted molar refractivity (Wildman–Crippen MR) is 36.0 cm³/mol. The molecule has 0 aliphatic rings. The van der Waals surface area contributed by atoms with Crippen molar-refractivity contribution >= 4 is 17.1 Å². The second-order valence-corrected chi connectivity index (χ2v) is 2.03. The normalized spacial score (nSPS) is 9.56. The van der Waals surface area contributed by atoms with Crippen molar-refractivity contribution in [3.8, 4) is 0 Å². The summed E-state index contributed by atoms with van der Waals surface area (Å²) in [7, 11) is 0. The van der Waals surface area contributed by atoms with Crippen LogP contribution >= 0.6 is 0 Å². The first-order valence-electron chi connectivity index (χ1n) is 2.73. The SMILES string of the molecule is Nc1ccc([NH3+])c([NH3+])c1. The summed E-state index contributed by atoms with van der Waals surface area (Å²) in [5.41, 5.74) is 15.5. The molecule has 0 heterocycles. The van der Waals surface area contributed by atoms with E-state index >= 15 is 0 Å². The number of hydrogen-bond donors (Lipinski definition) is 3. The van der Waals surface area contributed by atoms with Crippen LogP contribution in [0.5, 0.6) is 0 Å². The molecule has 1 aromatic carbocycles. The molecular weight excluding hydrogens is 114 g/mol. The Labute approximate surface area is 53.5 Å². The predicted octanol–water partition coefficient (Wildman–Crippen LogP) is -0.984. The minimum Gasteiger partial charge on any atom is -0.399 e. The molecule has 0 aromatic heterocycles. The van der Waals surface area contributed by atoms with E-state index in [1.807, 2.05) is 18.2 Å². The van der Waals surface area contributed by atoms with E-state index in [1.54, 1.807) is 0 Å². The Bertz CT molecular complexity index is 220. The lowest BCUT2D eigenvalue weighted by molar-refractivity contribution is -0.298. The third kappa shape index (κ3) is 1.19. The fourth-order valence-corrected chi connectivity index (χ4v) is 0.646. The zero-order chi connectivity index (χ0) is 6.85. The molecule has 8 N–H and O–H groups in total. The Morgan fingerprint density at radius 3 is 2.22 bits per heavy atom. The molecule has 0 atom stereocenters. The topological polar surface area (TPSA) is 81.3 Å². The molecular formula is C6H11N3+2. The van der Waals surface area contributed by atoms with E-state index in [0.717, 1.165) is 17.1 Å². The second kappa shape index (κ2) is 2.05. The number of hydrogen-bond acceptors (Lipinski definition) is 1. The number of nitrogens with two attached hydrogens (primary N) is 1. The van der Waals surface area contributed by atoms with E-state index in [2.05, 4.69) is 11.5 Å². The number of rotatable bonds is 0. The van der Waals surface area contributed by atoms with E-state index in [0.29, 0.717) is 0 Å². The fraction of sp³-hybridized carbons (Fsp3) is 0. The first-order valence-corrected chi connectivity index (χ1v) is 2.73. The first-order chi connectivity index (χ1) is 4.20. The fourth-order valence-electron chi connectivity index (χ4n) is 0.646. The van der Waals surface area contributed by atoms with Crippen LogP contribution in [-0.2, 0) is 0 Å². The van der Waals surface area contributed by atoms with Gasteiger partial charge in [0.1, 0.15) is 0 Å². The maximum Gasteiger partial charge on any atom is 0.191 e. The Morgan fingerprint density at radius 2 is 1.78 bits per heavy atom. The second-order valence-electron chi connectivity index (χ2n) is 2.03. The monoisotopic (exact) mass is 125 g/mol. The van der Waals surface area contributed by atoms with Crippen molar-refractivity contribution in [3.63, 3.8) is 0 Å². The van der Waals surface area contributed by atoms with Gasteiger partial charge in [0, 0.05) is 17.8 Å². The standard InChI is InChI=1S/C6H9N3/c7-4-1-2-5(8)6(9)3-4/h1-3H,7-9H2/p+2. The van der Waals surface area contributed by atoms with Crippen molar-refractivity contribution in [3.05, 3.63) is 18.2 Å². The summed E-state index contributed by atoms with van der Waals surface area (Å²) >= 11 is 0. The summed E-state index contributed by atoms with van der Waals surface area (Å²) in [5.74, 6) is 0. The van der Waals surface area contributed by atoms with E-state index in [9.17, 15) is 0 Å². The highest BCUT2D eigenvalue weighted by Gasteiger charge is 1.98. The van der Waals surface area contributed by atoms with E-state index in [1.165, 1.54) is 0 Å². The Hall–Kier alpha value is -1.06. The summed E-state index contributed by atoms with van der Waals surface area (Å²) in [6, 6.07) is 5.48. The molecule has 0 saturated carbocycles. The van der Waals surface area contributed by atoms with Gasteiger partial charge in [-0.25, -0.2) is 0 Å². The largest absolute Gasteiger partial charge is 0.399 e. The lowest BCUT2D eigenvalue weighted by Crippen LogP contribution is -2.49. The molecule has 0 spiro atoms. The van der Waals surface area contributed by atoms with Crippen LogP contribution in [0, 0.1) is 0 Å². The summed E-state index contributed by atoms with van der Waals surface area (Å²) in [6.07, 6.45) is 0. The lowest BCUT2D eigenvalue weighted by Gasteiger charge is -1.91. The Kier molecular flexibility index (Phi) is 1.38. The smallest absolute Gasteiger partial charge is 0.191 e. The van der Waals surface area contributed by atoms with Gasteiger partial charge in [0.15, 0.2) is 11.4 Å². The van der Waals surface area contributed by atoms with E-state index in [4.69, 9.17) is 5.73 Å². The zero-order valence-electron chi connectivity index (χ0n) is 5.22. The number of nitrogen functional groups attached to an aromatic ring is 1. The molecule has 0 aliphatic carbocycles. The van der Waals surface area contributed by atoms with Crippen LogP contribution in [0.15, 0.2) is 18.2 Å². The highest BCUT2D eigenvalue weighted by Crippen LogP contribution is 2.12. The molecule has 0 amide bonds. The van der Waals surface area contributed by atoms with Crippen LogP contribution < -0.4 is 17.2 Å². The Morgan fingerprint density at radius 1 is 1.11 bits per heavy atom. The summed E-state index contributed by atoms with van der Waals surface area (Å²) in [4.78, 5) is 0. The van der Waals surface area contributed by atoms with Crippen molar-refractivity contribution in [2.45, 2.75) is 0 Å². The van der Waals surface area contributed by atoms with Crippen LogP contribution in [0.25, 0.3) is 0 Å². The van der Waals surface area contributed by atoms with Gasteiger partial charge in [0.05, 0.1) is 0 Å². The number of anilines is 1. The van der Waals surface area contributed by atoms with E-state index in [-0.39, 0.29) is 0 Å². The van der Waals surface area contributed by atoms with Crippen molar-refractivity contribution in [2.75, 3.05) is 5.73 Å². The molecule has 3 nitrogen and oxygen atoms in total. The van der Waals surface area contributed by atoms with Crippen LogP contribution in [0.3, 0.4) is 0 Å². The van der Waals surface area contributed by atoms with Gasteiger partial charge >= 0.3 is 0 Å². The molecule has 9 heavy (non-hydrogen) atoms. The van der Waals surface area contributed by atoms with Gasteiger partial charge in [-0.1, -0.05) is 0 Å². The first kappa shape index (κ1) is 6.07. The van der Waals surface area contributed by atoms with Crippen LogP contribution in [-0.4, -0.2) is 0 Å². The van der Waals surface area contributed by atoms with Crippen molar-refractivity contribution < 1.29 is 11.5 Å². The van der Waals surface area contributed by atoms with Gasteiger partial charge in [0.25, 0.3) is 0 Å². The van der Waals surface area contributed by atoms with Crippen LogP contribution in [0.1, 0.15) is 0 Å². The lowest BCUT2D eigenvalue weighted by atomic mass is 10.2. The maximum atomic E-state index is 5.46. The van der Waals surface area contributed by atoms with Gasteiger partial charge in [-0.2, -0.15) is 0 Å². The number of quaternary nitrogens is 2. The maximum absolute atomic E-state index is 5.46. The minimum absolute atomic E-state index is 0.743. The average molecular weight is 125 g/mol. The van der Waals surface area contributed by atoms with Gasteiger partial charge in [0.2, 0.25) is 0 Å². The molecule has 48 valence electrons. The average Bonchev–Trinajstić information content (AvgIpc) is 1.80. The minimum atomic E-state index is 0.743. The molecule has 0 fully saturated rings. The van der Waals surface area contributed by atoms with Crippen LogP contribution in [0.4, 0.5) is 17.1 Å². The number of benzene rings is 1. The van der Waals surface area contributed by atoms with Gasteiger partial charge in [-0.3, -0.25) is 0 Å². The third-order valence-corrected chi connectivity index (χ3v) is 1.23. The van der Waals surface area contributed by atoms with Gasteiger partial charge in [-0.15, -0.1) is 0 Å². The van der Waals surface area contributed by atoms with Crippen molar-refractivity contribution in [2.24, 2.45) is 0 Å². The molecule has 1 rings (SSSR count). The summed E-state index contributed by atoms with van der Waals surface area (Å²) in [6.45, 7) is 0. The quantitative estimate of drug-likeness (QED) is 0.382. The molecule has 0 radical (unpaired) electrons. The summed E-state index contributed by atoms with van der Waals surface area (Å²) in [5, 5.41) is 0. The molecule has 1 aromatic rings. The molecule has 3 heteroatoms. The molecule has 0 aliphatic heterocycles. The van der Waals surface area contributed by atoms with Crippen LogP contribution in [0.2, 0.25) is 0 Å². The molecule has 0 saturated heterocycles. The highest BCUT2D eigenvalue weighted by molar-refractivity contribution is 5.58. The highest BCUT2D eigenvalue weighted by atomic mass is 14.7. The molecule has 0 bridgehead atoms. The zero-order valence-corrected chi connectivity index (χ0v) is 5.22. The van der Waals surface area contributed by atoms with Gasteiger partial charge in [-0.05, 0) is 6.07 Å².